The second-order valence-electron chi connectivity index (χ2n) is 8.40. The standard InChI is InChI=1S/C25H25N5O2/c1-16-6-5-11-26-22(16)23(18-9-10-18)29-25(32)19-12-20-24(27-13-19)28-14-21(31)30(20)15-17-7-3-2-4-8-17/h2-8,11-13,18,23H,9-10,14-15H2,1H3,(H,27,28)(H,29,32). The number of benzene rings is 1. The Balaban J connectivity index is 1.42. The molecule has 162 valence electrons. The molecule has 2 aliphatic rings. The van der Waals surface area contributed by atoms with Crippen molar-refractivity contribution in [3.8, 4) is 0 Å². The van der Waals surface area contributed by atoms with Gasteiger partial charge in [-0.25, -0.2) is 4.98 Å². The first-order valence-corrected chi connectivity index (χ1v) is 10.9. The number of nitrogens with zero attached hydrogens (tertiary/aromatic N) is 3. The molecule has 1 atom stereocenters. The third-order valence-corrected chi connectivity index (χ3v) is 6.04. The quantitative estimate of drug-likeness (QED) is 0.627. The largest absolute Gasteiger partial charge is 0.359 e. The lowest BCUT2D eigenvalue weighted by molar-refractivity contribution is -0.117. The molecule has 7 nitrogen and oxygen atoms in total. The van der Waals surface area contributed by atoms with Gasteiger partial charge in [0.25, 0.3) is 5.91 Å². The van der Waals surface area contributed by atoms with E-state index in [1.807, 2.05) is 49.4 Å². The summed E-state index contributed by atoms with van der Waals surface area (Å²) >= 11 is 0. The third kappa shape index (κ3) is 4.06. The molecule has 32 heavy (non-hydrogen) atoms. The maximum Gasteiger partial charge on any atom is 0.253 e. The summed E-state index contributed by atoms with van der Waals surface area (Å²) in [7, 11) is 0. The number of carbonyl (C=O) groups excluding carboxylic acids is 2. The number of rotatable bonds is 6. The molecule has 1 aliphatic heterocycles. The van der Waals surface area contributed by atoms with Gasteiger partial charge in [-0.3, -0.25) is 14.6 Å². The number of pyridine rings is 2. The van der Waals surface area contributed by atoms with Crippen LogP contribution in [0.2, 0.25) is 0 Å². The highest BCUT2D eigenvalue weighted by Gasteiger charge is 2.35. The van der Waals surface area contributed by atoms with Crippen LogP contribution < -0.4 is 15.5 Å². The summed E-state index contributed by atoms with van der Waals surface area (Å²) in [4.78, 5) is 36.5. The Morgan fingerprint density at radius 2 is 2.00 bits per heavy atom. The first-order valence-electron chi connectivity index (χ1n) is 10.9. The monoisotopic (exact) mass is 427 g/mol. The first kappa shape index (κ1) is 20.2. The van der Waals surface area contributed by atoms with Crippen LogP contribution in [0.3, 0.4) is 0 Å². The molecule has 2 aromatic heterocycles. The van der Waals surface area contributed by atoms with Crippen LogP contribution in [0.25, 0.3) is 0 Å². The van der Waals surface area contributed by atoms with E-state index in [0.717, 1.165) is 29.7 Å². The van der Waals surface area contributed by atoms with Crippen molar-refractivity contribution in [2.45, 2.75) is 32.4 Å². The van der Waals surface area contributed by atoms with Crippen LogP contribution in [0.5, 0.6) is 0 Å². The van der Waals surface area contributed by atoms with E-state index in [-0.39, 0.29) is 24.4 Å². The Kier molecular flexibility index (Phi) is 5.31. The Bertz CT molecular complexity index is 1160. The van der Waals surface area contributed by atoms with Gasteiger partial charge in [-0.2, -0.15) is 0 Å². The van der Waals surface area contributed by atoms with Gasteiger partial charge in [0, 0.05) is 12.4 Å². The maximum atomic E-state index is 13.2. The SMILES string of the molecule is Cc1cccnc1C(NC(=O)c1cnc2c(c1)N(Cc1ccccc1)C(=O)CN2)C1CC1. The summed E-state index contributed by atoms with van der Waals surface area (Å²) < 4.78 is 0. The van der Waals surface area contributed by atoms with Crippen LogP contribution in [0.15, 0.2) is 60.9 Å². The van der Waals surface area contributed by atoms with Crippen molar-refractivity contribution >= 4 is 23.3 Å². The summed E-state index contributed by atoms with van der Waals surface area (Å²) in [5.74, 6) is 0.743. The van der Waals surface area contributed by atoms with Gasteiger partial charge in [0.15, 0.2) is 5.82 Å². The topological polar surface area (TPSA) is 87.2 Å². The zero-order chi connectivity index (χ0) is 22.1. The third-order valence-electron chi connectivity index (χ3n) is 6.04. The van der Waals surface area contributed by atoms with Gasteiger partial charge in [-0.15, -0.1) is 0 Å². The summed E-state index contributed by atoms with van der Waals surface area (Å²) in [5, 5.41) is 6.22. The molecule has 3 aromatic rings. The lowest BCUT2D eigenvalue weighted by Crippen LogP contribution is -2.40. The van der Waals surface area contributed by atoms with Crippen molar-refractivity contribution < 1.29 is 9.59 Å². The highest BCUT2D eigenvalue weighted by atomic mass is 16.2. The molecule has 1 aliphatic carbocycles. The highest BCUT2D eigenvalue weighted by Crippen LogP contribution is 2.41. The average Bonchev–Trinajstić information content (AvgIpc) is 3.65. The first-order chi connectivity index (χ1) is 15.6. The molecule has 2 N–H and O–H groups in total. The fourth-order valence-corrected chi connectivity index (χ4v) is 4.13. The van der Waals surface area contributed by atoms with Crippen molar-refractivity contribution in [3.05, 3.63) is 83.3 Å². The average molecular weight is 428 g/mol. The Morgan fingerprint density at radius 3 is 2.75 bits per heavy atom. The second kappa shape index (κ2) is 8.42. The van der Waals surface area contributed by atoms with Gasteiger partial charge >= 0.3 is 0 Å². The molecule has 0 saturated heterocycles. The van der Waals surface area contributed by atoms with E-state index in [9.17, 15) is 9.59 Å². The van der Waals surface area contributed by atoms with Gasteiger partial charge < -0.3 is 15.5 Å². The maximum absolute atomic E-state index is 13.2. The van der Waals surface area contributed by atoms with Crippen LogP contribution in [0.1, 0.15) is 46.1 Å². The van der Waals surface area contributed by atoms with E-state index in [2.05, 4.69) is 20.6 Å². The van der Waals surface area contributed by atoms with Crippen LogP contribution in [-0.2, 0) is 11.3 Å². The van der Waals surface area contributed by atoms with E-state index >= 15 is 0 Å². The number of amides is 2. The van der Waals surface area contributed by atoms with Crippen LogP contribution in [-0.4, -0.2) is 28.3 Å². The van der Waals surface area contributed by atoms with Gasteiger partial charge in [0.2, 0.25) is 5.91 Å². The Hall–Kier alpha value is -3.74. The van der Waals surface area contributed by atoms with Crippen molar-refractivity contribution in [1.29, 1.82) is 0 Å². The van der Waals surface area contributed by atoms with Crippen molar-refractivity contribution in [2.75, 3.05) is 16.8 Å². The van der Waals surface area contributed by atoms with Gasteiger partial charge in [0.05, 0.1) is 36.1 Å². The van der Waals surface area contributed by atoms with E-state index in [0.29, 0.717) is 29.5 Å². The van der Waals surface area contributed by atoms with Crippen LogP contribution >= 0.6 is 0 Å². The van der Waals surface area contributed by atoms with E-state index in [4.69, 9.17) is 0 Å². The van der Waals surface area contributed by atoms with Gasteiger partial charge in [-0.1, -0.05) is 36.4 Å². The lowest BCUT2D eigenvalue weighted by Gasteiger charge is -2.30. The fraction of sp³-hybridized carbons (Fsp3) is 0.280. The summed E-state index contributed by atoms with van der Waals surface area (Å²) in [6, 6.07) is 15.3. The second-order valence-corrected chi connectivity index (χ2v) is 8.40. The molecule has 1 saturated carbocycles. The summed E-state index contributed by atoms with van der Waals surface area (Å²) in [6.07, 6.45) is 5.48. The molecule has 0 spiro atoms. The summed E-state index contributed by atoms with van der Waals surface area (Å²) in [6.45, 7) is 2.63. The normalized spacial score (nSPS) is 16.2. The molecular weight excluding hydrogens is 402 g/mol. The Labute approximate surface area is 186 Å². The predicted molar refractivity (Wildman–Crippen MR) is 122 cm³/mol. The highest BCUT2D eigenvalue weighted by molar-refractivity contribution is 6.04. The number of carbonyl (C=O) groups is 2. The number of hydrogen-bond acceptors (Lipinski definition) is 5. The van der Waals surface area contributed by atoms with Crippen molar-refractivity contribution in [3.63, 3.8) is 0 Å². The van der Waals surface area contributed by atoms with Crippen LogP contribution in [0, 0.1) is 12.8 Å². The summed E-state index contributed by atoms with van der Waals surface area (Å²) in [5.41, 5.74) is 4.05. The zero-order valence-corrected chi connectivity index (χ0v) is 17.9. The van der Waals surface area contributed by atoms with Crippen molar-refractivity contribution in [1.82, 2.24) is 15.3 Å². The molecule has 5 rings (SSSR count). The number of aryl methyl sites for hydroxylation is 1. The molecule has 1 fully saturated rings. The molecule has 7 heteroatoms. The van der Waals surface area contributed by atoms with Crippen molar-refractivity contribution in [2.24, 2.45) is 5.92 Å². The molecule has 1 aromatic carbocycles. The van der Waals surface area contributed by atoms with E-state index in [1.165, 1.54) is 0 Å². The number of aromatic nitrogens is 2. The minimum atomic E-state index is -0.208. The molecule has 3 heterocycles. The molecule has 0 bridgehead atoms. The molecular formula is C25H25N5O2. The molecule has 0 radical (unpaired) electrons. The number of fused-ring (bicyclic) bond motifs is 1. The van der Waals surface area contributed by atoms with E-state index in [1.54, 1.807) is 23.4 Å². The number of anilines is 2. The number of hydrogen-bond donors (Lipinski definition) is 2. The minimum absolute atomic E-state index is 0.0549. The Morgan fingerprint density at radius 1 is 1.19 bits per heavy atom. The van der Waals surface area contributed by atoms with E-state index < -0.39 is 0 Å². The lowest BCUT2D eigenvalue weighted by atomic mass is 10.0. The van der Waals surface area contributed by atoms with Gasteiger partial charge in [0.1, 0.15) is 0 Å². The smallest absolute Gasteiger partial charge is 0.253 e. The number of nitrogens with one attached hydrogen (secondary N) is 2. The molecule has 1 unspecified atom stereocenters. The fourth-order valence-electron chi connectivity index (χ4n) is 4.13. The predicted octanol–water partition coefficient (Wildman–Crippen LogP) is 3.62. The minimum Gasteiger partial charge on any atom is -0.359 e. The van der Waals surface area contributed by atoms with Crippen LogP contribution in [0.4, 0.5) is 11.5 Å². The zero-order valence-electron chi connectivity index (χ0n) is 17.9. The van der Waals surface area contributed by atoms with Gasteiger partial charge in [-0.05, 0) is 48.9 Å². The molecule has 2 amide bonds.